The Morgan fingerprint density at radius 3 is 2.48 bits per heavy atom. The SMILES string of the molecule is O=C(C1=NNC[C@H]1S[C@@H]1CC(c2ccccc2)=NN1)c1ccccc1. The Bertz CT molecular complexity index is 820. The lowest BCUT2D eigenvalue weighted by atomic mass is 10.1. The quantitative estimate of drug-likeness (QED) is 0.814. The van der Waals surface area contributed by atoms with Crippen LogP contribution in [0.25, 0.3) is 0 Å². The normalized spacial score (nSPS) is 21.9. The van der Waals surface area contributed by atoms with E-state index >= 15 is 0 Å². The number of hydrogen-bond donors (Lipinski definition) is 2. The van der Waals surface area contributed by atoms with E-state index in [0.29, 0.717) is 17.8 Å². The first-order chi connectivity index (χ1) is 12.3. The molecule has 126 valence electrons. The van der Waals surface area contributed by atoms with Crippen LogP contribution < -0.4 is 10.9 Å². The van der Waals surface area contributed by atoms with E-state index in [-0.39, 0.29) is 16.4 Å². The van der Waals surface area contributed by atoms with Gasteiger partial charge in [-0.2, -0.15) is 10.2 Å². The van der Waals surface area contributed by atoms with Crippen LogP contribution in [0.2, 0.25) is 0 Å². The smallest absolute Gasteiger partial charge is 0.210 e. The van der Waals surface area contributed by atoms with Gasteiger partial charge < -0.3 is 5.43 Å². The molecule has 0 fully saturated rings. The van der Waals surface area contributed by atoms with Gasteiger partial charge in [-0.1, -0.05) is 60.7 Å². The van der Waals surface area contributed by atoms with Crippen molar-refractivity contribution in [2.75, 3.05) is 6.54 Å². The second-order valence-electron chi connectivity index (χ2n) is 5.93. The first kappa shape index (κ1) is 15.9. The van der Waals surface area contributed by atoms with Crippen molar-refractivity contribution in [3.05, 3.63) is 71.8 Å². The Labute approximate surface area is 150 Å². The molecule has 0 amide bonds. The molecule has 4 rings (SSSR count). The van der Waals surface area contributed by atoms with Crippen LogP contribution in [0.1, 0.15) is 22.3 Å². The lowest BCUT2D eigenvalue weighted by molar-refractivity contribution is 0.106. The van der Waals surface area contributed by atoms with Crippen LogP contribution in [-0.2, 0) is 0 Å². The molecule has 2 aromatic rings. The molecule has 0 bridgehead atoms. The topological polar surface area (TPSA) is 65.8 Å². The molecule has 2 heterocycles. The zero-order valence-electron chi connectivity index (χ0n) is 13.6. The van der Waals surface area contributed by atoms with Crippen molar-refractivity contribution in [3.8, 4) is 0 Å². The third-order valence-electron chi connectivity index (χ3n) is 4.21. The average Bonchev–Trinajstić information content (AvgIpc) is 3.33. The molecule has 6 heteroatoms. The van der Waals surface area contributed by atoms with E-state index in [1.807, 2.05) is 48.5 Å². The van der Waals surface area contributed by atoms with Crippen LogP contribution in [0, 0.1) is 0 Å². The van der Waals surface area contributed by atoms with Crippen molar-refractivity contribution < 1.29 is 4.79 Å². The highest BCUT2D eigenvalue weighted by atomic mass is 32.2. The minimum Gasteiger partial charge on any atom is -0.308 e. The second-order valence-corrected chi connectivity index (χ2v) is 7.34. The van der Waals surface area contributed by atoms with Crippen LogP contribution in [0.3, 0.4) is 0 Å². The summed E-state index contributed by atoms with van der Waals surface area (Å²) in [6, 6.07) is 19.5. The highest BCUT2D eigenvalue weighted by molar-refractivity contribution is 8.01. The summed E-state index contributed by atoms with van der Waals surface area (Å²) in [6.07, 6.45) is 0.831. The summed E-state index contributed by atoms with van der Waals surface area (Å²) < 4.78 is 0. The van der Waals surface area contributed by atoms with E-state index in [9.17, 15) is 4.79 Å². The van der Waals surface area contributed by atoms with Gasteiger partial charge in [0.2, 0.25) is 5.78 Å². The van der Waals surface area contributed by atoms with Gasteiger partial charge in [0.25, 0.3) is 0 Å². The van der Waals surface area contributed by atoms with Crippen molar-refractivity contribution in [1.82, 2.24) is 10.9 Å². The molecule has 2 aliphatic rings. The van der Waals surface area contributed by atoms with Crippen molar-refractivity contribution in [2.45, 2.75) is 17.0 Å². The van der Waals surface area contributed by atoms with Gasteiger partial charge in [0, 0.05) is 12.0 Å². The van der Waals surface area contributed by atoms with E-state index in [1.54, 1.807) is 11.8 Å². The highest BCUT2D eigenvalue weighted by Gasteiger charge is 2.32. The molecule has 0 unspecified atom stereocenters. The van der Waals surface area contributed by atoms with E-state index in [2.05, 4.69) is 33.2 Å². The number of Topliss-reactive ketones (excluding diaryl/α,β-unsaturated/α-hetero) is 1. The van der Waals surface area contributed by atoms with Crippen molar-refractivity contribution in [1.29, 1.82) is 0 Å². The summed E-state index contributed by atoms with van der Waals surface area (Å²) in [5, 5.41) is 8.87. The maximum atomic E-state index is 12.7. The standard InChI is InChI=1S/C19H18N4OS/c24-19(14-9-5-2-6-10-14)18-16(12-20-23-18)25-17-11-15(21-22-17)13-7-3-1-4-8-13/h1-10,16-17,20,22H,11-12H2/t16-,17-/m1/s1. The summed E-state index contributed by atoms with van der Waals surface area (Å²) in [5.41, 5.74) is 9.61. The number of hydrogen-bond acceptors (Lipinski definition) is 6. The molecule has 0 aliphatic carbocycles. The molecule has 0 aromatic heterocycles. The average molecular weight is 350 g/mol. The number of nitrogens with zero attached hydrogens (tertiary/aromatic N) is 2. The van der Waals surface area contributed by atoms with E-state index in [4.69, 9.17) is 0 Å². The van der Waals surface area contributed by atoms with Crippen molar-refractivity contribution in [3.63, 3.8) is 0 Å². The number of benzene rings is 2. The van der Waals surface area contributed by atoms with Gasteiger partial charge in [-0.3, -0.25) is 10.2 Å². The van der Waals surface area contributed by atoms with Crippen molar-refractivity contribution in [2.24, 2.45) is 10.2 Å². The fraction of sp³-hybridized carbons (Fsp3) is 0.211. The zero-order valence-corrected chi connectivity index (χ0v) is 14.4. The number of hydrazone groups is 2. The van der Waals surface area contributed by atoms with E-state index < -0.39 is 0 Å². The Morgan fingerprint density at radius 2 is 1.72 bits per heavy atom. The summed E-state index contributed by atoms with van der Waals surface area (Å²) >= 11 is 1.70. The number of rotatable bonds is 5. The molecule has 5 nitrogen and oxygen atoms in total. The predicted molar refractivity (Wildman–Crippen MR) is 102 cm³/mol. The molecule has 0 saturated carbocycles. The maximum Gasteiger partial charge on any atom is 0.210 e. The number of nitrogens with one attached hydrogen (secondary N) is 2. The monoisotopic (exact) mass is 350 g/mol. The second kappa shape index (κ2) is 7.11. The van der Waals surface area contributed by atoms with Gasteiger partial charge in [0.15, 0.2) is 0 Å². The Hall–Kier alpha value is -2.60. The first-order valence-electron chi connectivity index (χ1n) is 8.24. The predicted octanol–water partition coefficient (Wildman–Crippen LogP) is 2.65. The summed E-state index contributed by atoms with van der Waals surface area (Å²) in [6.45, 7) is 0.664. The molecule has 0 saturated heterocycles. The number of ketones is 1. The third kappa shape index (κ3) is 3.44. The lowest BCUT2D eigenvalue weighted by Crippen LogP contribution is -2.30. The third-order valence-corrected chi connectivity index (χ3v) is 5.53. The zero-order chi connectivity index (χ0) is 17.1. The molecular weight excluding hydrogens is 332 g/mol. The van der Waals surface area contributed by atoms with Crippen molar-refractivity contribution >= 4 is 29.0 Å². The Balaban J connectivity index is 1.40. The van der Waals surface area contributed by atoms with Gasteiger partial charge in [-0.05, 0) is 5.56 Å². The summed E-state index contributed by atoms with van der Waals surface area (Å²) in [7, 11) is 0. The van der Waals surface area contributed by atoms with Gasteiger partial charge in [0.1, 0.15) is 5.71 Å². The lowest BCUT2D eigenvalue weighted by Gasteiger charge is -2.16. The van der Waals surface area contributed by atoms with Crippen LogP contribution in [0.5, 0.6) is 0 Å². The Kier molecular flexibility index (Phi) is 4.52. The summed E-state index contributed by atoms with van der Waals surface area (Å²) in [4.78, 5) is 12.7. The molecule has 2 aliphatic heterocycles. The minimum atomic E-state index is -0.00898. The van der Waals surface area contributed by atoms with E-state index in [1.165, 1.54) is 0 Å². The van der Waals surface area contributed by atoms with Crippen LogP contribution in [0.15, 0.2) is 70.9 Å². The molecule has 2 atom stereocenters. The van der Waals surface area contributed by atoms with Crippen LogP contribution in [0.4, 0.5) is 0 Å². The van der Waals surface area contributed by atoms with Crippen LogP contribution in [-0.4, -0.2) is 34.4 Å². The highest BCUT2D eigenvalue weighted by Crippen LogP contribution is 2.27. The first-order valence-corrected chi connectivity index (χ1v) is 9.19. The van der Waals surface area contributed by atoms with Crippen LogP contribution >= 0.6 is 11.8 Å². The van der Waals surface area contributed by atoms with E-state index in [0.717, 1.165) is 17.7 Å². The molecule has 0 radical (unpaired) electrons. The molecule has 2 N–H and O–H groups in total. The van der Waals surface area contributed by atoms with Gasteiger partial charge >= 0.3 is 0 Å². The molecule has 2 aromatic carbocycles. The molecule has 25 heavy (non-hydrogen) atoms. The molecular formula is C19H18N4OS. The summed E-state index contributed by atoms with van der Waals surface area (Å²) in [5.74, 6) is -0.00898. The number of carbonyl (C=O) groups is 1. The number of thioether (sulfide) groups is 1. The van der Waals surface area contributed by atoms with Gasteiger partial charge in [-0.25, -0.2) is 0 Å². The minimum absolute atomic E-state index is 0.00898. The molecule has 0 spiro atoms. The number of carbonyl (C=O) groups excluding carboxylic acids is 1. The van der Waals surface area contributed by atoms with Gasteiger partial charge in [-0.15, -0.1) is 11.8 Å². The van der Waals surface area contributed by atoms with Gasteiger partial charge in [0.05, 0.1) is 22.9 Å². The fourth-order valence-electron chi connectivity index (χ4n) is 2.94. The largest absolute Gasteiger partial charge is 0.308 e. The Morgan fingerprint density at radius 1 is 1.00 bits per heavy atom. The fourth-order valence-corrected chi connectivity index (χ4v) is 4.16. The maximum absolute atomic E-state index is 12.7.